The van der Waals surface area contributed by atoms with Gasteiger partial charge in [0.05, 0.1) is 16.8 Å². The maximum Gasteiger partial charge on any atom is 0.267 e. The van der Waals surface area contributed by atoms with E-state index in [1.807, 2.05) is 16.8 Å². The number of amides is 1. The van der Waals surface area contributed by atoms with Crippen molar-refractivity contribution in [2.45, 2.75) is 0 Å². The van der Waals surface area contributed by atoms with Crippen LogP contribution in [0.5, 0.6) is 0 Å². The Morgan fingerprint density at radius 1 is 1.12 bits per heavy atom. The number of anilines is 2. The second-order valence-corrected chi connectivity index (χ2v) is 8.48. The minimum absolute atomic E-state index is 0.182. The van der Waals surface area contributed by atoms with Gasteiger partial charge in [-0.15, -0.1) is 22.7 Å². The largest absolute Gasteiger partial charge is 0.297 e. The number of hydrogen-bond acceptors (Lipinski definition) is 6. The first-order valence-electron chi connectivity index (χ1n) is 6.79. The maximum atomic E-state index is 12.0. The second-order valence-electron chi connectivity index (χ2n) is 4.92. The van der Waals surface area contributed by atoms with Gasteiger partial charge in [-0.25, -0.2) is 13.4 Å². The molecule has 9 heteroatoms. The van der Waals surface area contributed by atoms with Crippen LogP contribution in [0.15, 0.2) is 47.2 Å². The number of carbonyl (C=O) groups excluding carboxylic acids is 1. The van der Waals surface area contributed by atoms with Gasteiger partial charge >= 0.3 is 0 Å². The molecule has 0 aliphatic rings. The van der Waals surface area contributed by atoms with Gasteiger partial charge in [-0.05, 0) is 23.6 Å². The third-order valence-electron chi connectivity index (χ3n) is 2.95. The highest BCUT2D eigenvalue weighted by Gasteiger charge is 2.11. The lowest BCUT2D eigenvalue weighted by molar-refractivity contribution is 0.103. The van der Waals surface area contributed by atoms with Crippen LogP contribution in [-0.4, -0.2) is 25.6 Å². The zero-order chi connectivity index (χ0) is 17.2. The summed E-state index contributed by atoms with van der Waals surface area (Å²) in [6, 6.07) is 10.4. The quantitative estimate of drug-likeness (QED) is 0.710. The molecule has 0 radical (unpaired) electrons. The summed E-state index contributed by atoms with van der Waals surface area (Å²) in [5, 5.41) is 6.96. The molecule has 2 N–H and O–H groups in total. The third kappa shape index (κ3) is 4.19. The molecule has 0 aliphatic carbocycles. The number of hydrogen-bond donors (Lipinski definition) is 2. The fraction of sp³-hybridized carbons (Fsp3) is 0.0667. The highest BCUT2D eigenvalue weighted by atomic mass is 32.2. The Morgan fingerprint density at radius 2 is 1.88 bits per heavy atom. The summed E-state index contributed by atoms with van der Waals surface area (Å²) in [6.45, 7) is 0. The Kier molecular flexibility index (Phi) is 4.65. The normalized spacial score (nSPS) is 11.2. The molecule has 1 aromatic carbocycles. The van der Waals surface area contributed by atoms with Gasteiger partial charge in [-0.1, -0.05) is 18.2 Å². The molecule has 24 heavy (non-hydrogen) atoms. The van der Waals surface area contributed by atoms with E-state index in [0.29, 0.717) is 21.4 Å². The highest BCUT2D eigenvalue weighted by molar-refractivity contribution is 7.92. The Balaban J connectivity index is 1.72. The Bertz CT molecular complexity index is 946. The number of aromatic nitrogens is 1. The molecule has 0 bridgehead atoms. The molecule has 1 amide bonds. The van der Waals surface area contributed by atoms with E-state index in [1.165, 1.54) is 22.7 Å². The van der Waals surface area contributed by atoms with Crippen molar-refractivity contribution in [3.8, 4) is 11.3 Å². The summed E-state index contributed by atoms with van der Waals surface area (Å²) in [5.41, 5.74) is 2.04. The number of sulfonamides is 1. The number of rotatable bonds is 5. The van der Waals surface area contributed by atoms with E-state index in [1.54, 1.807) is 30.3 Å². The zero-order valence-corrected chi connectivity index (χ0v) is 15.0. The summed E-state index contributed by atoms with van der Waals surface area (Å²) < 4.78 is 24.8. The second kappa shape index (κ2) is 6.71. The topological polar surface area (TPSA) is 88.2 Å². The fourth-order valence-corrected chi connectivity index (χ4v) is 3.85. The van der Waals surface area contributed by atoms with E-state index in [4.69, 9.17) is 0 Å². The van der Waals surface area contributed by atoms with Crippen molar-refractivity contribution in [1.82, 2.24) is 4.98 Å². The summed E-state index contributed by atoms with van der Waals surface area (Å²) in [6.07, 6.45) is 1.10. The molecule has 0 spiro atoms. The first-order valence-corrected chi connectivity index (χ1v) is 10.4. The van der Waals surface area contributed by atoms with Crippen LogP contribution in [0.3, 0.4) is 0 Å². The van der Waals surface area contributed by atoms with Crippen molar-refractivity contribution in [3.63, 3.8) is 0 Å². The van der Waals surface area contributed by atoms with Crippen molar-refractivity contribution in [2.75, 3.05) is 16.3 Å². The van der Waals surface area contributed by atoms with Crippen LogP contribution >= 0.6 is 22.7 Å². The Labute approximate surface area is 147 Å². The Morgan fingerprint density at radius 3 is 2.50 bits per heavy atom. The van der Waals surface area contributed by atoms with Gasteiger partial charge in [0, 0.05) is 16.6 Å². The third-order valence-corrected chi connectivity index (χ3v) is 5.19. The monoisotopic (exact) mass is 379 g/mol. The summed E-state index contributed by atoms with van der Waals surface area (Å²) >= 11 is 2.70. The number of thiophene rings is 1. The lowest BCUT2D eigenvalue weighted by Gasteiger charge is -2.04. The molecule has 0 saturated heterocycles. The molecule has 0 unspecified atom stereocenters. The molecule has 3 rings (SSSR count). The van der Waals surface area contributed by atoms with E-state index in [0.717, 1.165) is 11.8 Å². The van der Waals surface area contributed by atoms with Crippen LogP contribution < -0.4 is 10.0 Å². The van der Waals surface area contributed by atoms with Crippen LogP contribution in [0.4, 0.5) is 10.8 Å². The predicted octanol–water partition coefficient (Wildman–Crippen LogP) is 3.50. The van der Waals surface area contributed by atoms with Crippen LogP contribution in [0.1, 0.15) is 9.67 Å². The molecule has 6 nitrogen and oxygen atoms in total. The number of thiazole rings is 1. The van der Waals surface area contributed by atoms with E-state index in [9.17, 15) is 13.2 Å². The summed E-state index contributed by atoms with van der Waals surface area (Å²) in [4.78, 5) is 17.0. The fourth-order valence-electron chi connectivity index (χ4n) is 1.95. The lowest BCUT2D eigenvalue weighted by Crippen LogP contribution is -2.09. The number of nitrogens with one attached hydrogen (secondary N) is 2. The van der Waals surface area contributed by atoms with Crippen LogP contribution in [0.25, 0.3) is 11.3 Å². The summed E-state index contributed by atoms with van der Waals surface area (Å²) in [5.74, 6) is -0.182. The van der Waals surface area contributed by atoms with Gasteiger partial charge in [0.1, 0.15) is 0 Å². The SMILES string of the molecule is CS(=O)(=O)Nc1ccc(-c2csc(NC(=O)c3cccs3)n2)cc1. The average molecular weight is 379 g/mol. The van der Waals surface area contributed by atoms with E-state index in [2.05, 4.69) is 15.0 Å². The lowest BCUT2D eigenvalue weighted by atomic mass is 10.1. The average Bonchev–Trinajstić information content (AvgIpc) is 3.17. The van der Waals surface area contributed by atoms with Gasteiger partial charge in [0.2, 0.25) is 10.0 Å². The molecular weight excluding hydrogens is 366 g/mol. The summed E-state index contributed by atoms with van der Waals surface area (Å²) in [7, 11) is -3.30. The molecule has 0 saturated carbocycles. The highest BCUT2D eigenvalue weighted by Crippen LogP contribution is 2.26. The number of carbonyl (C=O) groups is 1. The zero-order valence-electron chi connectivity index (χ0n) is 12.5. The predicted molar refractivity (Wildman–Crippen MR) is 98.3 cm³/mol. The van der Waals surface area contributed by atoms with Gasteiger partial charge in [0.25, 0.3) is 5.91 Å². The molecule has 0 atom stereocenters. The maximum absolute atomic E-state index is 12.0. The Hall–Kier alpha value is -2.23. The molecule has 0 fully saturated rings. The van der Waals surface area contributed by atoms with Crippen LogP contribution in [0.2, 0.25) is 0 Å². The van der Waals surface area contributed by atoms with E-state index in [-0.39, 0.29) is 5.91 Å². The van der Waals surface area contributed by atoms with Gasteiger partial charge in [0.15, 0.2) is 5.13 Å². The first kappa shape index (κ1) is 16.6. The van der Waals surface area contributed by atoms with Crippen LogP contribution in [0, 0.1) is 0 Å². The van der Waals surface area contributed by atoms with Gasteiger partial charge in [-0.2, -0.15) is 0 Å². The molecule has 124 valence electrons. The molecular formula is C15H13N3O3S3. The van der Waals surface area contributed by atoms with Crippen molar-refractivity contribution in [3.05, 3.63) is 52.0 Å². The van der Waals surface area contributed by atoms with Crippen molar-refractivity contribution >= 4 is 49.4 Å². The minimum atomic E-state index is -3.30. The van der Waals surface area contributed by atoms with E-state index < -0.39 is 10.0 Å². The van der Waals surface area contributed by atoms with Crippen molar-refractivity contribution < 1.29 is 13.2 Å². The van der Waals surface area contributed by atoms with E-state index >= 15 is 0 Å². The number of nitrogens with zero attached hydrogens (tertiary/aromatic N) is 1. The van der Waals surface area contributed by atoms with Crippen molar-refractivity contribution in [1.29, 1.82) is 0 Å². The molecule has 0 aliphatic heterocycles. The molecule has 2 heterocycles. The number of benzene rings is 1. The molecule has 2 aromatic heterocycles. The molecule has 3 aromatic rings. The first-order chi connectivity index (χ1) is 11.4. The van der Waals surface area contributed by atoms with Gasteiger partial charge in [-0.3, -0.25) is 14.8 Å². The smallest absolute Gasteiger partial charge is 0.267 e. The van der Waals surface area contributed by atoms with Gasteiger partial charge < -0.3 is 0 Å². The van der Waals surface area contributed by atoms with Crippen LogP contribution in [-0.2, 0) is 10.0 Å². The minimum Gasteiger partial charge on any atom is -0.297 e. The standard InChI is InChI=1S/C15H13N3O3S3/c1-24(20,21)18-11-6-4-10(5-7-11)12-9-23-15(16-12)17-14(19)13-3-2-8-22-13/h2-9,18H,1H3,(H,16,17,19). The van der Waals surface area contributed by atoms with Crippen molar-refractivity contribution in [2.24, 2.45) is 0 Å².